The molecule has 1 saturated heterocycles. The van der Waals surface area contributed by atoms with E-state index < -0.39 is 15.8 Å². The molecule has 1 aliphatic rings. The van der Waals surface area contributed by atoms with E-state index in [9.17, 15) is 12.8 Å². The molecule has 0 amide bonds. The molecule has 18 heavy (non-hydrogen) atoms. The van der Waals surface area contributed by atoms with Gasteiger partial charge in [-0.3, -0.25) is 0 Å². The van der Waals surface area contributed by atoms with E-state index in [0.717, 1.165) is 18.9 Å². The summed E-state index contributed by atoms with van der Waals surface area (Å²) in [5.74, 6) is -0.774. The van der Waals surface area contributed by atoms with Crippen LogP contribution in [-0.4, -0.2) is 27.7 Å². The Bertz CT molecular complexity index is 529. The zero-order chi connectivity index (χ0) is 13.2. The number of halogens is 2. The SMILES string of the molecule is O=S(=O)(NC[C@H]1CCCO1)c1ccc(Br)cc1F. The summed E-state index contributed by atoms with van der Waals surface area (Å²) in [5.41, 5.74) is 0. The first-order chi connectivity index (χ1) is 8.49. The van der Waals surface area contributed by atoms with Gasteiger partial charge in [0.05, 0.1) is 6.10 Å². The summed E-state index contributed by atoms with van der Waals surface area (Å²) in [6.45, 7) is 0.830. The molecule has 100 valence electrons. The molecular weight excluding hydrogens is 325 g/mol. The van der Waals surface area contributed by atoms with Gasteiger partial charge < -0.3 is 4.74 Å². The third-order valence-electron chi connectivity index (χ3n) is 2.71. The van der Waals surface area contributed by atoms with Gasteiger partial charge in [-0.25, -0.2) is 17.5 Å². The van der Waals surface area contributed by atoms with Crippen molar-refractivity contribution in [1.29, 1.82) is 0 Å². The van der Waals surface area contributed by atoms with Gasteiger partial charge >= 0.3 is 0 Å². The normalized spacial score (nSPS) is 20.2. The van der Waals surface area contributed by atoms with Gasteiger partial charge in [-0.1, -0.05) is 15.9 Å². The first kappa shape index (κ1) is 13.9. The fourth-order valence-electron chi connectivity index (χ4n) is 1.78. The van der Waals surface area contributed by atoms with Gasteiger partial charge in [-0.2, -0.15) is 0 Å². The van der Waals surface area contributed by atoms with Crippen LogP contribution in [-0.2, 0) is 14.8 Å². The van der Waals surface area contributed by atoms with E-state index in [4.69, 9.17) is 4.74 Å². The molecular formula is C11H13BrFNO3S. The van der Waals surface area contributed by atoms with Gasteiger partial charge in [0, 0.05) is 17.6 Å². The molecule has 0 unspecified atom stereocenters. The highest BCUT2D eigenvalue weighted by Crippen LogP contribution is 2.19. The Morgan fingerprint density at radius 1 is 1.50 bits per heavy atom. The van der Waals surface area contributed by atoms with Crippen molar-refractivity contribution in [2.75, 3.05) is 13.2 Å². The monoisotopic (exact) mass is 337 g/mol. The van der Waals surface area contributed by atoms with Crippen LogP contribution in [0.25, 0.3) is 0 Å². The standard InChI is InChI=1S/C11H13BrFNO3S/c12-8-3-4-11(10(13)6-8)18(15,16)14-7-9-2-1-5-17-9/h3-4,6,9,14H,1-2,5,7H2/t9-/m1/s1. The summed E-state index contributed by atoms with van der Waals surface area (Å²) in [4.78, 5) is -0.344. The molecule has 0 aromatic heterocycles. The van der Waals surface area contributed by atoms with Crippen LogP contribution in [0, 0.1) is 5.82 Å². The van der Waals surface area contributed by atoms with E-state index in [1.54, 1.807) is 0 Å². The molecule has 1 aromatic carbocycles. The maximum Gasteiger partial charge on any atom is 0.243 e. The van der Waals surface area contributed by atoms with Crippen LogP contribution < -0.4 is 4.72 Å². The number of hydrogen-bond donors (Lipinski definition) is 1. The van der Waals surface area contributed by atoms with Crippen LogP contribution in [0.15, 0.2) is 27.6 Å². The minimum Gasteiger partial charge on any atom is -0.377 e. The van der Waals surface area contributed by atoms with Crippen molar-refractivity contribution in [3.05, 3.63) is 28.5 Å². The van der Waals surface area contributed by atoms with Crippen molar-refractivity contribution in [2.24, 2.45) is 0 Å². The highest BCUT2D eigenvalue weighted by Gasteiger charge is 2.22. The minimum atomic E-state index is -3.82. The van der Waals surface area contributed by atoms with Crippen LogP contribution in [0.5, 0.6) is 0 Å². The number of hydrogen-bond acceptors (Lipinski definition) is 3. The Hall–Kier alpha value is -0.500. The lowest BCUT2D eigenvalue weighted by Gasteiger charge is -2.11. The number of benzene rings is 1. The summed E-state index contributed by atoms with van der Waals surface area (Å²) in [6, 6.07) is 3.85. The van der Waals surface area contributed by atoms with Gasteiger partial charge in [0.2, 0.25) is 10.0 Å². The molecule has 1 N–H and O–H groups in total. The average molecular weight is 338 g/mol. The molecule has 0 aliphatic carbocycles. The maximum absolute atomic E-state index is 13.6. The fourth-order valence-corrected chi connectivity index (χ4v) is 3.24. The largest absolute Gasteiger partial charge is 0.377 e. The van der Waals surface area contributed by atoms with Crippen molar-refractivity contribution in [2.45, 2.75) is 23.8 Å². The Morgan fingerprint density at radius 2 is 2.28 bits per heavy atom. The molecule has 0 bridgehead atoms. The van der Waals surface area contributed by atoms with Gasteiger partial charge in [0.15, 0.2) is 0 Å². The van der Waals surface area contributed by atoms with Crippen molar-refractivity contribution in [3.63, 3.8) is 0 Å². The third-order valence-corrected chi connectivity index (χ3v) is 4.66. The van der Waals surface area contributed by atoms with Crippen LogP contribution in [0.4, 0.5) is 4.39 Å². The molecule has 1 aromatic rings. The quantitative estimate of drug-likeness (QED) is 0.914. The molecule has 1 atom stereocenters. The highest BCUT2D eigenvalue weighted by atomic mass is 79.9. The number of rotatable bonds is 4. The van der Waals surface area contributed by atoms with Gasteiger partial charge in [-0.05, 0) is 31.0 Å². The predicted octanol–water partition coefficient (Wildman–Crippen LogP) is 2.05. The molecule has 0 saturated carbocycles. The second-order valence-corrected chi connectivity index (χ2v) is 6.71. The Balaban J connectivity index is 2.09. The van der Waals surface area contributed by atoms with Crippen molar-refractivity contribution >= 4 is 26.0 Å². The fraction of sp³-hybridized carbons (Fsp3) is 0.455. The zero-order valence-corrected chi connectivity index (χ0v) is 11.9. The topological polar surface area (TPSA) is 55.4 Å². The number of nitrogens with one attached hydrogen (secondary N) is 1. The lowest BCUT2D eigenvalue weighted by atomic mass is 10.2. The summed E-state index contributed by atoms with van der Waals surface area (Å²) >= 11 is 3.08. The minimum absolute atomic E-state index is 0.113. The first-order valence-electron chi connectivity index (χ1n) is 5.55. The molecule has 0 radical (unpaired) electrons. The van der Waals surface area contributed by atoms with E-state index in [-0.39, 0.29) is 17.5 Å². The van der Waals surface area contributed by atoms with Gasteiger partial charge in [0.1, 0.15) is 10.7 Å². The van der Waals surface area contributed by atoms with Crippen molar-refractivity contribution < 1.29 is 17.5 Å². The molecule has 4 nitrogen and oxygen atoms in total. The number of sulfonamides is 1. The Morgan fingerprint density at radius 3 is 2.89 bits per heavy atom. The van der Waals surface area contributed by atoms with Crippen LogP contribution >= 0.6 is 15.9 Å². The molecule has 1 heterocycles. The zero-order valence-electron chi connectivity index (χ0n) is 9.53. The summed E-state index contributed by atoms with van der Waals surface area (Å²) in [7, 11) is -3.82. The Kier molecular flexibility index (Phi) is 4.37. The van der Waals surface area contributed by atoms with Crippen molar-refractivity contribution in [1.82, 2.24) is 4.72 Å². The average Bonchev–Trinajstić information content (AvgIpc) is 2.78. The first-order valence-corrected chi connectivity index (χ1v) is 7.83. The molecule has 1 fully saturated rings. The van der Waals surface area contributed by atoms with E-state index in [1.165, 1.54) is 12.1 Å². The van der Waals surface area contributed by atoms with Crippen molar-refractivity contribution in [3.8, 4) is 0 Å². The summed E-state index contributed by atoms with van der Waals surface area (Å²) < 4.78 is 45.5. The molecule has 1 aliphatic heterocycles. The second-order valence-electron chi connectivity index (χ2n) is 4.06. The van der Waals surface area contributed by atoms with E-state index in [2.05, 4.69) is 20.7 Å². The molecule has 0 spiro atoms. The van der Waals surface area contributed by atoms with Gasteiger partial charge in [-0.15, -0.1) is 0 Å². The number of ether oxygens (including phenoxy) is 1. The van der Waals surface area contributed by atoms with Crippen LogP contribution in [0.1, 0.15) is 12.8 Å². The summed E-state index contributed by atoms with van der Waals surface area (Å²) in [5, 5.41) is 0. The van der Waals surface area contributed by atoms with Crippen LogP contribution in [0.3, 0.4) is 0 Å². The lowest BCUT2D eigenvalue weighted by Crippen LogP contribution is -2.32. The van der Waals surface area contributed by atoms with E-state index >= 15 is 0 Å². The predicted molar refractivity (Wildman–Crippen MR) is 68.3 cm³/mol. The lowest BCUT2D eigenvalue weighted by molar-refractivity contribution is 0.114. The van der Waals surface area contributed by atoms with Gasteiger partial charge in [0.25, 0.3) is 0 Å². The highest BCUT2D eigenvalue weighted by molar-refractivity contribution is 9.10. The second kappa shape index (κ2) is 5.64. The molecule has 7 heteroatoms. The third kappa shape index (κ3) is 3.28. The Labute approximate surface area is 114 Å². The smallest absolute Gasteiger partial charge is 0.243 e. The summed E-state index contributed by atoms with van der Waals surface area (Å²) in [6.07, 6.45) is 1.64. The van der Waals surface area contributed by atoms with Crippen LogP contribution in [0.2, 0.25) is 0 Å². The van der Waals surface area contributed by atoms with E-state index in [0.29, 0.717) is 11.1 Å². The molecule has 2 rings (SSSR count). The van der Waals surface area contributed by atoms with E-state index in [1.807, 2.05) is 0 Å². The maximum atomic E-state index is 13.6.